The Kier molecular flexibility index (Phi) is 5.66. The zero-order valence-corrected chi connectivity index (χ0v) is 11.1. The Balaban J connectivity index is 2.17. The number of rotatable bonds is 8. The molecule has 1 aliphatic rings. The molecule has 1 fully saturated rings. The van der Waals surface area contributed by atoms with E-state index in [2.05, 4.69) is 33.0 Å². The Morgan fingerprint density at radius 3 is 2.47 bits per heavy atom. The van der Waals surface area contributed by atoms with Gasteiger partial charge in [0.25, 0.3) is 0 Å². The molecule has 1 rings (SSSR count). The molecule has 0 aliphatic heterocycles. The van der Waals surface area contributed by atoms with Crippen molar-refractivity contribution in [1.29, 1.82) is 0 Å². The maximum Gasteiger partial charge on any atom is 0.0102 e. The van der Waals surface area contributed by atoms with Gasteiger partial charge in [0.15, 0.2) is 0 Å². The molecule has 0 aromatic carbocycles. The van der Waals surface area contributed by atoms with Crippen molar-refractivity contribution in [2.45, 2.75) is 78.3 Å². The lowest BCUT2D eigenvalue weighted by atomic mass is 9.97. The van der Waals surface area contributed by atoms with Crippen molar-refractivity contribution in [2.24, 2.45) is 11.8 Å². The highest BCUT2D eigenvalue weighted by Gasteiger charge is 2.36. The van der Waals surface area contributed by atoms with Crippen molar-refractivity contribution in [2.75, 3.05) is 0 Å². The number of hydrogen-bond donors (Lipinski definition) is 1. The summed E-state index contributed by atoms with van der Waals surface area (Å²) in [4.78, 5) is 0. The molecular weight excluding hydrogens is 182 g/mol. The normalized spacial score (nSPS) is 28.8. The molecule has 4 atom stereocenters. The predicted octanol–water partition coefficient (Wildman–Crippen LogP) is 3.98. The molecule has 15 heavy (non-hydrogen) atoms. The van der Waals surface area contributed by atoms with E-state index in [-0.39, 0.29) is 0 Å². The summed E-state index contributed by atoms with van der Waals surface area (Å²) in [5, 5.41) is 3.84. The topological polar surface area (TPSA) is 12.0 Å². The molecule has 1 N–H and O–H groups in total. The molecule has 1 nitrogen and oxygen atoms in total. The quantitative estimate of drug-likeness (QED) is 0.640. The van der Waals surface area contributed by atoms with Gasteiger partial charge in [-0.25, -0.2) is 0 Å². The third kappa shape index (κ3) is 4.55. The number of hydrogen-bond acceptors (Lipinski definition) is 1. The first-order chi connectivity index (χ1) is 7.21. The van der Waals surface area contributed by atoms with Gasteiger partial charge in [0, 0.05) is 12.1 Å². The Morgan fingerprint density at radius 1 is 1.20 bits per heavy atom. The van der Waals surface area contributed by atoms with Gasteiger partial charge in [-0.15, -0.1) is 0 Å². The van der Waals surface area contributed by atoms with E-state index in [1.54, 1.807) is 0 Å². The molecule has 0 amide bonds. The molecule has 0 saturated heterocycles. The van der Waals surface area contributed by atoms with Crippen molar-refractivity contribution >= 4 is 0 Å². The lowest BCUT2D eigenvalue weighted by Crippen LogP contribution is -2.32. The predicted molar refractivity (Wildman–Crippen MR) is 68.1 cm³/mol. The average molecular weight is 211 g/mol. The molecule has 0 spiro atoms. The molecule has 4 unspecified atom stereocenters. The summed E-state index contributed by atoms with van der Waals surface area (Å²) in [7, 11) is 0. The molecule has 0 radical (unpaired) electrons. The second kappa shape index (κ2) is 6.52. The van der Waals surface area contributed by atoms with E-state index in [0.717, 1.165) is 23.9 Å². The van der Waals surface area contributed by atoms with Crippen LogP contribution in [-0.4, -0.2) is 12.1 Å². The van der Waals surface area contributed by atoms with Crippen LogP contribution < -0.4 is 5.32 Å². The molecule has 1 saturated carbocycles. The van der Waals surface area contributed by atoms with Crippen LogP contribution >= 0.6 is 0 Å². The van der Waals surface area contributed by atoms with Crippen LogP contribution in [0.3, 0.4) is 0 Å². The van der Waals surface area contributed by atoms with E-state index in [0.29, 0.717) is 0 Å². The summed E-state index contributed by atoms with van der Waals surface area (Å²) in [5.41, 5.74) is 0. The highest BCUT2D eigenvalue weighted by Crippen LogP contribution is 2.35. The summed E-state index contributed by atoms with van der Waals surface area (Å²) in [5.74, 6) is 1.88. The van der Waals surface area contributed by atoms with Gasteiger partial charge in [0.2, 0.25) is 0 Å². The minimum absolute atomic E-state index is 0.770. The highest BCUT2D eigenvalue weighted by molar-refractivity contribution is 4.94. The first kappa shape index (κ1) is 13.0. The van der Waals surface area contributed by atoms with Crippen LogP contribution in [0.1, 0.15) is 66.2 Å². The standard InChI is InChI=1S/C14H29N/c1-5-8-12-10-14(12)15-13(7-3)9-11(4)6-2/h11-15H,5-10H2,1-4H3. The lowest BCUT2D eigenvalue weighted by Gasteiger charge is -2.20. The van der Waals surface area contributed by atoms with Crippen molar-refractivity contribution < 1.29 is 0 Å². The van der Waals surface area contributed by atoms with Gasteiger partial charge in [0.05, 0.1) is 0 Å². The van der Waals surface area contributed by atoms with Gasteiger partial charge in [0.1, 0.15) is 0 Å². The molecule has 0 heterocycles. The van der Waals surface area contributed by atoms with Crippen LogP contribution in [0.4, 0.5) is 0 Å². The molecule has 0 bridgehead atoms. The lowest BCUT2D eigenvalue weighted by molar-refractivity contribution is 0.376. The maximum atomic E-state index is 3.84. The van der Waals surface area contributed by atoms with E-state index in [1.807, 2.05) is 0 Å². The SMILES string of the molecule is CCCC1CC1NC(CC)CC(C)CC. The fourth-order valence-electron chi connectivity index (χ4n) is 2.45. The minimum Gasteiger partial charge on any atom is -0.311 e. The van der Waals surface area contributed by atoms with Gasteiger partial charge in [-0.3, -0.25) is 0 Å². The van der Waals surface area contributed by atoms with Crippen LogP contribution in [-0.2, 0) is 0 Å². The number of nitrogens with one attached hydrogen (secondary N) is 1. The van der Waals surface area contributed by atoms with Crippen LogP contribution in [0.25, 0.3) is 0 Å². The summed E-state index contributed by atoms with van der Waals surface area (Å²) >= 11 is 0. The summed E-state index contributed by atoms with van der Waals surface area (Å²) in [6, 6.07) is 1.63. The zero-order valence-electron chi connectivity index (χ0n) is 11.1. The molecule has 0 aromatic rings. The van der Waals surface area contributed by atoms with Gasteiger partial charge >= 0.3 is 0 Å². The minimum atomic E-state index is 0.770. The summed E-state index contributed by atoms with van der Waals surface area (Å²) in [6.45, 7) is 9.29. The molecular formula is C14H29N. The first-order valence-corrected chi connectivity index (χ1v) is 6.97. The maximum absolute atomic E-state index is 3.84. The van der Waals surface area contributed by atoms with Crippen LogP contribution in [0.5, 0.6) is 0 Å². The van der Waals surface area contributed by atoms with Crippen molar-refractivity contribution in [1.82, 2.24) is 5.32 Å². The molecule has 1 aliphatic carbocycles. The molecule has 0 aromatic heterocycles. The Labute approximate surface area is 96.0 Å². The third-order valence-electron chi connectivity index (χ3n) is 3.91. The van der Waals surface area contributed by atoms with Crippen LogP contribution in [0.2, 0.25) is 0 Å². The van der Waals surface area contributed by atoms with Crippen molar-refractivity contribution in [3.8, 4) is 0 Å². The van der Waals surface area contributed by atoms with Crippen LogP contribution in [0, 0.1) is 11.8 Å². The second-order valence-corrected chi connectivity index (χ2v) is 5.41. The van der Waals surface area contributed by atoms with Crippen molar-refractivity contribution in [3.63, 3.8) is 0 Å². The van der Waals surface area contributed by atoms with Gasteiger partial charge in [-0.2, -0.15) is 0 Å². The molecule has 1 heteroatoms. The van der Waals surface area contributed by atoms with E-state index in [9.17, 15) is 0 Å². The highest BCUT2D eigenvalue weighted by atomic mass is 15.0. The Hall–Kier alpha value is -0.0400. The zero-order chi connectivity index (χ0) is 11.3. The van der Waals surface area contributed by atoms with Gasteiger partial charge in [-0.1, -0.05) is 40.5 Å². The largest absolute Gasteiger partial charge is 0.311 e. The third-order valence-corrected chi connectivity index (χ3v) is 3.91. The van der Waals surface area contributed by atoms with Crippen LogP contribution in [0.15, 0.2) is 0 Å². The smallest absolute Gasteiger partial charge is 0.0102 e. The van der Waals surface area contributed by atoms with E-state index < -0.39 is 0 Å². The monoisotopic (exact) mass is 211 g/mol. The van der Waals surface area contributed by atoms with E-state index >= 15 is 0 Å². The second-order valence-electron chi connectivity index (χ2n) is 5.41. The fourth-order valence-corrected chi connectivity index (χ4v) is 2.45. The van der Waals surface area contributed by atoms with Gasteiger partial charge < -0.3 is 5.32 Å². The Bertz CT molecular complexity index is 167. The fraction of sp³-hybridized carbons (Fsp3) is 1.00. The Morgan fingerprint density at radius 2 is 1.93 bits per heavy atom. The van der Waals surface area contributed by atoms with Gasteiger partial charge in [-0.05, 0) is 37.5 Å². The average Bonchev–Trinajstić information content (AvgIpc) is 2.96. The van der Waals surface area contributed by atoms with E-state index in [1.165, 1.54) is 38.5 Å². The molecule has 90 valence electrons. The summed E-state index contributed by atoms with van der Waals surface area (Å²) < 4.78 is 0. The first-order valence-electron chi connectivity index (χ1n) is 6.97. The summed E-state index contributed by atoms with van der Waals surface area (Å²) in [6.07, 6.45) is 8.19. The van der Waals surface area contributed by atoms with E-state index in [4.69, 9.17) is 0 Å². The van der Waals surface area contributed by atoms with Crippen molar-refractivity contribution in [3.05, 3.63) is 0 Å².